The number of hydrazone groups is 1. The number of likely N-dealkylation sites (tertiary alicyclic amines) is 1. The smallest absolute Gasteiger partial charge is 0.257 e. The lowest BCUT2D eigenvalue weighted by molar-refractivity contribution is -0.134. The topological polar surface area (TPSA) is 35.9 Å². The van der Waals surface area contributed by atoms with Crippen LogP contribution in [0.5, 0.6) is 0 Å². The average Bonchev–Trinajstić information content (AvgIpc) is 3.15. The van der Waals surface area contributed by atoms with Gasteiger partial charge in [-0.3, -0.25) is 9.69 Å². The SMILES string of the molecule is Cc1cccc(C2=NN(C(=O)CN3CCCCC3)C(c3ccc(Cl)cc3)C2)c1. The Morgan fingerprint density at radius 1 is 1.11 bits per heavy atom. The number of nitrogens with zero attached hydrogens (tertiary/aromatic N) is 3. The van der Waals surface area contributed by atoms with Crippen molar-refractivity contribution >= 4 is 23.2 Å². The third kappa shape index (κ3) is 4.29. The highest BCUT2D eigenvalue weighted by Crippen LogP contribution is 2.33. The normalized spacial score (nSPS) is 20.3. The molecule has 5 heteroatoms. The van der Waals surface area contributed by atoms with Crippen LogP contribution in [-0.4, -0.2) is 41.2 Å². The molecular weight excluding hydrogens is 370 g/mol. The number of piperidine rings is 1. The molecule has 1 atom stereocenters. The molecule has 0 radical (unpaired) electrons. The summed E-state index contributed by atoms with van der Waals surface area (Å²) in [5, 5.41) is 7.19. The Morgan fingerprint density at radius 2 is 1.86 bits per heavy atom. The van der Waals surface area contributed by atoms with Crippen molar-refractivity contribution in [2.45, 2.75) is 38.6 Å². The lowest BCUT2D eigenvalue weighted by Gasteiger charge is -2.29. The number of hydrogen-bond acceptors (Lipinski definition) is 3. The van der Waals surface area contributed by atoms with E-state index >= 15 is 0 Å². The summed E-state index contributed by atoms with van der Waals surface area (Å²) in [6.07, 6.45) is 4.33. The van der Waals surface area contributed by atoms with Gasteiger partial charge in [0.1, 0.15) is 0 Å². The van der Waals surface area contributed by atoms with E-state index in [1.165, 1.54) is 24.8 Å². The van der Waals surface area contributed by atoms with Gasteiger partial charge < -0.3 is 0 Å². The summed E-state index contributed by atoms with van der Waals surface area (Å²) in [6, 6.07) is 16.0. The molecule has 1 unspecified atom stereocenters. The number of benzene rings is 2. The fraction of sp³-hybridized carbons (Fsp3) is 0.391. The van der Waals surface area contributed by atoms with Gasteiger partial charge >= 0.3 is 0 Å². The molecule has 0 spiro atoms. The van der Waals surface area contributed by atoms with Gasteiger partial charge in [-0.25, -0.2) is 5.01 Å². The van der Waals surface area contributed by atoms with E-state index in [-0.39, 0.29) is 11.9 Å². The summed E-state index contributed by atoms with van der Waals surface area (Å²) in [7, 11) is 0. The highest BCUT2D eigenvalue weighted by atomic mass is 35.5. The lowest BCUT2D eigenvalue weighted by atomic mass is 9.97. The van der Waals surface area contributed by atoms with Gasteiger partial charge in [0.15, 0.2) is 0 Å². The molecule has 0 aliphatic carbocycles. The molecule has 2 aromatic rings. The minimum Gasteiger partial charge on any atom is -0.294 e. The first-order chi connectivity index (χ1) is 13.6. The summed E-state index contributed by atoms with van der Waals surface area (Å²) in [4.78, 5) is 15.4. The lowest BCUT2D eigenvalue weighted by Crippen LogP contribution is -2.40. The molecule has 0 bridgehead atoms. The fourth-order valence-electron chi connectivity index (χ4n) is 4.07. The first kappa shape index (κ1) is 19.2. The van der Waals surface area contributed by atoms with E-state index in [9.17, 15) is 4.79 Å². The molecule has 2 aliphatic heterocycles. The number of rotatable bonds is 4. The Kier molecular flexibility index (Phi) is 5.79. The van der Waals surface area contributed by atoms with Crippen molar-refractivity contribution in [2.75, 3.05) is 19.6 Å². The van der Waals surface area contributed by atoms with E-state index in [0.717, 1.165) is 36.3 Å². The van der Waals surface area contributed by atoms with E-state index < -0.39 is 0 Å². The molecule has 1 fully saturated rings. The first-order valence-electron chi connectivity index (χ1n) is 10.0. The molecule has 0 saturated carbocycles. The van der Waals surface area contributed by atoms with Crippen LogP contribution in [0.1, 0.15) is 48.4 Å². The van der Waals surface area contributed by atoms with Gasteiger partial charge in [0.05, 0.1) is 18.3 Å². The molecule has 2 heterocycles. The molecule has 4 rings (SSSR count). The zero-order valence-corrected chi connectivity index (χ0v) is 17.0. The highest BCUT2D eigenvalue weighted by Gasteiger charge is 2.33. The van der Waals surface area contributed by atoms with Crippen molar-refractivity contribution in [1.29, 1.82) is 0 Å². The van der Waals surface area contributed by atoms with Gasteiger partial charge in [-0.2, -0.15) is 5.10 Å². The second-order valence-corrected chi connectivity index (χ2v) is 8.20. The Labute approximate surface area is 171 Å². The molecule has 1 saturated heterocycles. The van der Waals surface area contributed by atoms with Gasteiger partial charge in [0.2, 0.25) is 0 Å². The largest absolute Gasteiger partial charge is 0.294 e. The van der Waals surface area contributed by atoms with Crippen LogP contribution < -0.4 is 0 Å². The molecule has 4 nitrogen and oxygen atoms in total. The van der Waals surface area contributed by atoms with Gasteiger partial charge in [-0.05, 0) is 56.1 Å². The minimum absolute atomic E-state index is 0.0736. The van der Waals surface area contributed by atoms with E-state index in [0.29, 0.717) is 11.6 Å². The molecule has 146 valence electrons. The molecule has 1 amide bonds. The maximum atomic E-state index is 13.2. The van der Waals surface area contributed by atoms with Crippen molar-refractivity contribution in [3.05, 3.63) is 70.2 Å². The second-order valence-electron chi connectivity index (χ2n) is 7.76. The van der Waals surface area contributed by atoms with Gasteiger partial charge in [0, 0.05) is 11.4 Å². The monoisotopic (exact) mass is 395 g/mol. The molecule has 0 N–H and O–H groups in total. The predicted molar refractivity (Wildman–Crippen MR) is 114 cm³/mol. The van der Waals surface area contributed by atoms with Crippen molar-refractivity contribution in [2.24, 2.45) is 5.10 Å². The van der Waals surface area contributed by atoms with Crippen LogP contribution in [0.15, 0.2) is 53.6 Å². The number of carbonyl (C=O) groups excluding carboxylic acids is 1. The van der Waals surface area contributed by atoms with Crippen molar-refractivity contribution in [3.63, 3.8) is 0 Å². The zero-order valence-electron chi connectivity index (χ0n) is 16.3. The number of halogens is 1. The molecular formula is C23H26ClN3O. The number of amides is 1. The first-order valence-corrected chi connectivity index (χ1v) is 10.4. The third-order valence-electron chi connectivity index (χ3n) is 5.58. The average molecular weight is 396 g/mol. The maximum Gasteiger partial charge on any atom is 0.257 e. The molecule has 28 heavy (non-hydrogen) atoms. The Hall–Kier alpha value is -2.17. The van der Waals surface area contributed by atoms with E-state index in [4.69, 9.17) is 16.7 Å². The predicted octanol–water partition coefficient (Wildman–Crippen LogP) is 4.81. The zero-order chi connectivity index (χ0) is 19.5. The van der Waals surface area contributed by atoms with Crippen LogP contribution in [0.2, 0.25) is 5.02 Å². The van der Waals surface area contributed by atoms with Crippen LogP contribution in [0.3, 0.4) is 0 Å². The summed E-state index contributed by atoms with van der Waals surface area (Å²) >= 11 is 6.07. The van der Waals surface area contributed by atoms with Crippen LogP contribution in [0.25, 0.3) is 0 Å². The van der Waals surface area contributed by atoms with Gasteiger partial charge in [-0.15, -0.1) is 0 Å². The number of hydrogen-bond donors (Lipinski definition) is 0. The van der Waals surface area contributed by atoms with Crippen molar-refractivity contribution in [1.82, 2.24) is 9.91 Å². The van der Waals surface area contributed by atoms with E-state index in [1.807, 2.05) is 30.3 Å². The Balaban J connectivity index is 1.60. The van der Waals surface area contributed by atoms with Crippen LogP contribution in [0.4, 0.5) is 0 Å². The number of carbonyl (C=O) groups is 1. The molecule has 2 aliphatic rings. The summed E-state index contributed by atoms with van der Waals surface area (Å²) in [5.74, 6) is 0.0736. The fourth-order valence-corrected chi connectivity index (χ4v) is 4.19. The number of aryl methyl sites for hydroxylation is 1. The van der Waals surface area contributed by atoms with Crippen molar-refractivity contribution in [3.8, 4) is 0 Å². The summed E-state index contributed by atoms with van der Waals surface area (Å²) in [6.45, 7) is 4.52. The summed E-state index contributed by atoms with van der Waals surface area (Å²) in [5.41, 5.74) is 4.33. The van der Waals surface area contributed by atoms with Crippen molar-refractivity contribution < 1.29 is 4.79 Å². The minimum atomic E-state index is -0.0786. The van der Waals surface area contributed by atoms with Crippen LogP contribution in [0, 0.1) is 6.92 Å². The van der Waals surface area contributed by atoms with E-state index in [1.54, 1.807) is 5.01 Å². The van der Waals surface area contributed by atoms with Gasteiger partial charge in [0.25, 0.3) is 5.91 Å². The highest BCUT2D eigenvalue weighted by molar-refractivity contribution is 6.30. The molecule has 0 aromatic heterocycles. The Morgan fingerprint density at radius 3 is 2.57 bits per heavy atom. The van der Waals surface area contributed by atoms with Crippen LogP contribution in [-0.2, 0) is 4.79 Å². The maximum absolute atomic E-state index is 13.2. The van der Waals surface area contributed by atoms with Gasteiger partial charge in [-0.1, -0.05) is 60.0 Å². The standard InChI is InChI=1S/C23H26ClN3O/c1-17-6-5-7-19(14-17)21-15-22(18-8-10-20(24)11-9-18)27(25-21)23(28)16-26-12-3-2-4-13-26/h5-11,14,22H,2-4,12-13,15-16H2,1H3. The second kappa shape index (κ2) is 8.46. The summed E-state index contributed by atoms with van der Waals surface area (Å²) < 4.78 is 0. The Bertz CT molecular complexity index is 872. The molecule has 2 aromatic carbocycles. The van der Waals surface area contributed by atoms with E-state index in [2.05, 4.69) is 30.0 Å². The van der Waals surface area contributed by atoms with Crippen LogP contribution >= 0.6 is 11.6 Å². The quantitative estimate of drug-likeness (QED) is 0.744. The third-order valence-corrected chi connectivity index (χ3v) is 5.83.